The zero-order valence-electron chi connectivity index (χ0n) is 15.2. The fourth-order valence-corrected chi connectivity index (χ4v) is 2.97. The number of benzene rings is 1. The van der Waals surface area contributed by atoms with Crippen molar-refractivity contribution in [3.8, 4) is 0 Å². The van der Waals surface area contributed by atoms with E-state index in [-0.39, 0.29) is 24.3 Å². The molecule has 0 aliphatic carbocycles. The van der Waals surface area contributed by atoms with E-state index in [1.54, 1.807) is 23.0 Å². The minimum absolute atomic E-state index is 0. The summed E-state index contributed by atoms with van der Waals surface area (Å²) in [6, 6.07) is 7.44. The van der Waals surface area contributed by atoms with Gasteiger partial charge in [0.2, 0.25) is 0 Å². The van der Waals surface area contributed by atoms with Crippen molar-refractivity contribution in [1.82, 2.24) is 25.6 Å². The fraction of sp³-hybridized carbons (Fsp3) is 0.444. The van der Waals surface area contributed by atoms with E-state index in [9.17, 15) is 9.59 Å². The molecule has 1 aliphatic heterocycles. The highest BCUT2D eigenvalue weighted by atomic mass is 35.5. The molecule has 1 aromatic carbocycles. The number of carbonyl (C=O) groups excluding carboxylic acids is 2. The third-order valence-corrected chi connectivity index (χ3v) is 4.50. The Balaban J connectivity index is 0.00000261. The average Bonchev–Trinajstić information content (AvgIpc) is 3.19. The number of hydrogen-bond acceptors (Lipinski definition) is 6. The van der Waals surface area contributed by atoms with Crippen molar-refractivity contribution in [1.29, 1.82) is 0 Å². The normalized spacial score (nSPS) is 14.3. The van der Waals surface area contributed by atoms with Gasteiger partial charge in [-0.25, -0.2) is 9.48 Å². The van der Waals surface area contributed by atoms with Gasteiger partial charge < -0.3 is 15.4 Å². The first-order valence-electron chi connectivity index (χ1n) is 8.75. The molecule has 27 heavy (non-hydrogen) atoms. The summed E-state index contributed by atoms with van der Waals surface area (Å²) in [5.74, 6) is -0.585. The summed E-state index contributed by atoms with van der Waals surface area (Å²) in [6.45, 7) is 2.40. The average molecular weight is 394 g/mol. The number of hydrogen-bond donors (Lipinski definition) is 2. The van der Waals surface area contributed by atoms with Crippen molar-refractivity contribution in [3.63, 3.8) is 0 Å². The Morgan fingerprint density at radius 1 is 1.26 bits per heavy atom. The van der Waals surface area contributed by atoms with Gasteiger partial charge >= 0.3 is 5.97 Å². The second-order valence-corrected chi connectivity index (χ2v) is 6.26. The maximum atomic E-state index is 12.2. The number of halogens is 1. The Bertz CT molecular complexity index is 757. The van der Waals surface area contributed by atoms with Crippen LogP contribution in [0.2, 0.25) is 0 Å². The van der Waals surface area contributed by atoms with E-state index in [0.29, 0.717) is 30.3 Å². The molecule has 3 rings (SSSR count). The van der Waals surface area contributed by atoms with Crippen LogP contribution >= 0.6 is 12.4 Å². The molecule has 0 radical (unpaired) electrons. The van der Waals surface area contributed by atoms with Crippen molar-refractivity contribution in [2.45, 2.75) is 25.3 Å². The molecular weight excluding hydrogens is 370 g/mol. The first kappa shape index (κ1) is 20.9. The van der Waals surface area contributed by atoms with Gasteiger partial charge in [0.25, 0.3) is 5.91 Å². The number of esters is 1. The van der Waals surface area contributed by atoms with Crippen molar-refractivity contribution in [3.05, 3.63) is 47.3 Å². The van der Waals surface area contributed by atoms with Gasteiger partial charge in [0, 0.05) is 6.54 Å². The molecule has 146 valence electrons. The Morgan fingerprint density at radius 3 is 2.63 bits per heavy atom. The van der Waals surface area contributed by atoms with Crippen molar-refractivity contribution >= 4 is 24.3 Å². The van der Waals surface area contributed by atoms with Crippen LogP contribution in [0.5, 0.6) is 0 Å². The van der Waals surface area contributed by atoms with Gasteiger partial charge in [-0.3, -0.25) is 4.79 Å². The van der Waals surface area contributed by atoms with Crippen LogP contribution in [0.3, 0.4) is 0 Å². The minimum Gasteiger partial charge on any atom is -0.465 e. The molecule has 1 fully saturated rings. The molecule has 2 N–H and O–H groups in total. The standard InChI is InChI=1S/C18H23N5O3.ClH/c1-26-18(25)14-4-2-13(3-5-14)6-11-20-17(24)16-12-23(22-21-16)15-7-9-19-10-8-15;/h2-5,12,15,19H,6-11H2,1H3,(H,20,24);1H. The van der Waals surface area contributed by atoms with Crippen LogP contribution in [0, 0.1) is 0 Å². The molecule has 1 aromatic heterocycles. The molecular formula is C18H24ClN5O3. The van der Waals surface area contributed by atoms with E-state index in [4.69, 9.17) is 0 Å². The van der Waals surface area contributed by atoms with Crippen molar-refractivity contribution in [2.24, 2.45) is 0 Å². The van der Waals surface area contributed by atoms with Crippen LogP contribution in [-0.2, 0) is 11.2 Å². The topological polar surface area (TPSA) is 98.1 Å². The Hall–Kier alpha value is -2.45. The van der Waals surface area contributed by atoms with Crippen molar-refractivity contribution < 1.29 is 14.3 Å². The van der Waals surface area contributed by atoms with Crippen LogP contribution in [0.15, 0.2) is 30.5 Å². The highest BCUT2D eigenvalue weighted by Gasteiger charge is 2.18. The molecule has 2 aromatic rings. The van der Waals surface area contributed by atoms with Gasteiger partial charge in [0.1, 0.15) is 0 Å². The molecule has 0 saturated carbocycles. The number of rotatable bonds is 6. The molecule has 0 unspecified atom stereocenters. The summed E-state index contributed by atoms with van der Waals surface area (Å²) < 4.78 is 6.46. The van der Waals surface area contributed by atoms with Gasteiger partial charge in [-0.15, -0.1) is 17.5 Å². The van der Waals surface area contributed by atoms with E-state index < -0.39 is 0 Å². The lowest BCUT2D eigenvalue weighted by molar-refractivity contribution is 0.0600. The van der Waals surface area contributed by atoms with Crippen LogP contribution in [0.1, 0.15) is 45.3 Å². The molecule has 0 atom stereocenters. The molecule has 1 saturated heterocycles. The maximum absolute atomic E-state index is 12.2. The highest BCUT2D eigenvalue weighted by Crippen LogP contribution is 2.17. The van der Waals surface area contributed by atoms with E-state index >= 15 is 0 Å². The number of nitrogens with zero attached hydrogens (tertiary/aromatic N) is 3. The largest absolute Gasteiger partial charge is 0.465 e. The van der Waals surface area contributed by atoms with Crippen LogP contribution < -0.4 is 10.6 Å². The third kappa shape index (κ3) is 5.51. The molecule has 2 heterocycles. The number of carbonyl (C=O) groups is 2. The summed E-state index contributed by atoms with van der Waals surface area (Å²) in [7, 11) is 1.35. The zero-order valence-corrected chi connectivity index (χ0v) is 16.0. The molecule has 9 heteroatoms. The Kier molecular flexibility index (Phi) is 7.75. The number of nitrogens with one attached hydrogen (secondary N) is 2. The van der Waals surface area contributed by atoms with E-state index in [1.807, 2.05) is 12.1 Å². The van der Waals surface area contributed by atoms with Crippen molar-refractivity contribution in [2.75, 3.05) is 26.7 Å². The molecule has 0 bridgehead atoms. The quantitative estimate of drug-likeness (QED) is 0.719. The fourth-order valence-electron chi connectivity index (χ4n) is 2.97. The molecule has 1 aliphatic rings. The number of aromatic nitrogens is 3. The van der Waals surface area contributed by atoms with Gasteiger partial charge in [-0.05, 0) is 50.0 Å². The minimum atomic E-state index is -0.360. The van der Waals surface area contributed by atoms with Gasteiger partial charge in [-0.1, -0.05) is 17.3 Å². The first-order chi connectivity index (χ1) is 12.7. The summed E-state index contributed by atoms with van der Waals surface area (Å²) in [5, 5.41) is 14.2. The maximum Gasteiger partial charge on any atom is 0.337 e. The summed E-state index contributed by atoms with van der Waals surface area (Å²) >= 11 is 0. The lowest BCUT2D eigenvalue weighted by Crippen LogP contribution is -2.29. The molecule has 1 amide bonds. The lowest BCUT2D eigenvalue weighted by Gasteiger charge is -2.22. The van der Waals surface area contributed by atoms with Crippen LogP contribution in [-0.4, -0.2) is 53.6 Å². The van der Waals surface area contributed by atoms with E-state index in [0.717, 1.165) is 31.5 Å². The van der Waals surface area contributed by atoms with E-state index in [2.05, 4.69) is 25.7 Å². The Labute approximate surface area is 164 Å². The second kappa shape index (κ2) is 10.0. The van der Waals surface area contributed by atoms with Gasteiger partial charge in [0.05, 0.1) is 24.9 Å². The third-order valence-electron chi connectivity index (χ3n) is 4.50. The molecule has 8 nitrogen and oxygen atoms in total. The predicted octanol–water partition coefficient (Wildman–Crippen LogP) is 1.38. The zero-order chi connectivity index (χ0) is 18.4. The Morgan fingerprint density at radius 2 is 1.96 bits per heavy atom. The smallest absolute Gasteiger partial charge is 0.337 e. The predicted molar refractivity (Wildman–Crippen MR) is 102 cm³/mol. The van der Waals surface area contributed by atoms with E-state index in [1.165, 1.54) is 7.11 Å². The number of ether oxygens (including phenoxy) is 1. The van der Waals surface area contributed by atoms with Gasteiger partial charge in [0.15, 0.2) is 5.69 Å². The SMILES string of the molecule is COC(=O)c1ccc(CCNC(=O)c2cn(C3CCNCC3)nn2)cc1.Cl. The number of amides is 1. The second-order valence-electron chi connectivity index (χ2n) is 6.26. The lowest BCUT2D eigenvalue weighted by atomic mass is 10.1. The highest BCUT2D eigenvalue weighted by molar-refractivity contribution is 5.91. The number of methoxy groups -OCH3 is 1. The summed E-state index contributed by atoms with van der Waals surface area (Å²) in [4.78, 5) is 23.6. The summed E-state index contributed by atoms with van der Waals surface area (Å²) in [6.07, 6.45) is 4.37. The monoisotopic (exact) mass is 393 g/mol. The number of piperidine rings is 1. The summed E-state index contributed by atoms with van der Waals surface area (Å²) in [5.41, 5.74) is 1.87. The van der Waals surface area contributed by atoms with Crippen LogP contribution in [0.25, 0.3) is 0 Å². The molecule has 0 spiro atoms. The van der Waals surface area contributed by atoms with Crippen LogP contribution in [0.4, 0.5) is 0 Å². The van der Waals surface area contributed by atoms with Gasteiger partial charge in [-0.2, -0.15) is 0 Å². The first-order valence-corrected chi connectivity index (χ1v) is 8.75.